The Labute approximate surface area is 99.8 Å². The van der Waals surface area contributed by atoms with E-state index >= 15 is 0 Å². The van der Waals surface area contributed by atoms with E-state index in [0.29, 0.717) is 0 Å². The van der Waals surface area contributed by atoms with Crippen molar-refractivity contribution in [2.24, 2.45) is 0 Å². The van der Waals surface area contributed by atoms with Crippen LogP contribution in [0.4, 0.5) is 0 Å². The average molecular weight is 298 g/mol. The van der Waals surface area contributed by atoms with E-state index in [0.717, 1.165) is 6.92 Å². The second-order valence-electron chi connectivity index (χ2n) is 3.54. The van der Waals surface area contributed by atoms with E-state index in [-0.39, 0.29) is 17.7 Å². The van der Waals surface area contributed by atoms with E-state index in [1.807, 2.05) is 0 Å². The van der Waals surface area contributed by atoms with Gasteiger partial charge in [-0.2, -0.15) is 0 Å². The number of nitro groups is 2. The zero-order chi connectivity index (χ0) is 12.9. The molecule has 0 saturated heterocycles. The van der Waals surface area contributed by atoms with Crippen LogP contribution in [0.15, 0.2) is 0 Å². The molecule has 1 atom stereocenters. The van der Waals surface area contributed by atoms with Crippen LogP contribution in [-0.2, 0) is 4.79 Å². The molecule has 0 aromatic carbocycles. The van der Waals surface area contributed by atoms with E-state index < -0.39 is 21.6 Å². The molecule has 0 aliphatic carbocycles. The number of carbonyl (C=O) groups excluding carboxylic acids is 1. The van der Waals surface area contributed by atoms with Crippen molar-refractivity contribution < 1.29 is 14.6 Å². The largest absolute Gasteiger partial charge is 0.457 e. The van der Waals surface area contributed by atoms with E-state index in [4.69, 9.17) is 0 Å². The van der Waals surface area contributed by atoms with E-state index in [2.05, 4.69) is 21.2 Å². The number of amides is 1. The Kier molecular flexibility index (Phi) is 5.28. The number of alkyl halides is 1. The van der Waals surface area contributed by atoms with E-state index in [1.54, 1.807) is 0 Å². The number of halogens is 1. The molecule has 16 heavy (non-hydrogen) atoms. The van der Waals surface area contributed by atoms with Gasteiger partial charge in [-0.3, -0.25) is 25.0 Å². The minimum atomic E-state index is -2.28. The first kappa shape index (κ1) is 14.8. The maximum absolute atomic E-state index is 11.0. The lowest BCUT2D eigenvalue weighted by molar-refractivity contribution is -0.793. The molecule has 0 saturated carbocycles. The van der Waals surface area contributed by atoms with Gasteiger partial charge in [-0.25, -0.2) is 0 Å². The van der Waals surface area contributed by atoms with Gasteiger partial charge in [-0.1, -0.05) is 15.9 Å². The third-order valence-corrected chi connectivity index (χ3v) is 2.52. The van der Waals surface area contributed by atoms with Crippen molar-refractivity contribution in [3.05, 3.63) is 20.2 Å². The molecule has 0 heterocycles. The number of rotatable bonds is 6. The molecule has 0 aliphatic rings. The Balaban J connectivity index is 4.60. The van der Waals surface area contributed by atoms with Crippen LogP contribution in [0.1, 0.15) is 20.3 Å². The van der Waals surface area contributed by atoms with E-state index in [1.165, 1.54) is 6.92 Å². The van der Waals surface area contributed by atoms with Gasteiger partial charge in [0, 0.05) is 6.04 Å². The Morgan fingerprint density at radius 1 is 1.44 bits per heavy atom. The summed E-state index contributed by atoms with van der Waals surface area (Å²) in [6.45, 7) is 2.40. The number of nitrogens with one attached hydrogen (secondary N) is 1. The van der Waals surface area contributed by atoms with Gasteiger partial charge in [0.25, 0.3) is 0 Å². The Morgan fingerprint density at radius 3 is 2.19 bits per heavy atom. The smallest absolute Gasteiger partial charge is 0.352 e. The van der Waals surface area contributed by atoms with Crippen LogP contribution < -0.4 is 5.32 Å². The van der Waals surface area contributed by atoms with Gasteiger partial charge in [0.1, 0.15) is 6.42 Å². The van der Waals surface area contributed by atoms with Crippen molar-refractivity contribution >= 4 is 21.8 Å². The number of nitrogens with zero attached hydrogens (tertiary/aromatic N) is 2. The summed E-state index contributed by atoms with van der Waals surface area (Å²) in [5.74, 6) is -0.374. The van der Waals surface area contributed by atoms with Crippen LogP contribution in [0.3, 0.4) is 0 Å². The molecule has 8 nitrogen and oxygen atoms in total. The summed E-state index contributed by atoms with van der Waals surface area (Å²) in [5, 5.41) is 23.6. The average Bonchev–Trinajstić information content (AvgIpc) is 2.16. The van der Waals surface area contributed by atoms with Crippen molar-refractivity contribution in [3.8, 4) is 0 Å². The summed E-state index contributed by atoms with van der Waals surface area (Å²) in [6, 6.07) is -0.647. The van der Waals surface area contributed by atoms with Gasteiger partial charge >= 0.3 is 5.66 Å². The first-order chi connectivity index (χ1) is 7.24. The molecule has 0 aliphatic heterocycles. The Bertz CT molecular complexity index is 294. The zero-order valence-electron chi connectivity index (χ0n) is 8.81. The normalized spacial score (nSPS) is 12.9. The summed E-state index contributed by atoms with van der Waals surface area (Å²) in [6.07, 6.45) is -0.369. The van der Waals surface area contributed by atoms with Crippen LogP contribution >= 0.6 is 15.9 Å². The summed E-state index contributed by atoms with van der Waals surface area (Å²) in [4.78, 5) is 30.2. The molecule has 1 amide bonds. The highest BCUT2D eigenvalue weighted by Gasteiger charge is 2.51. The first-order valence-corrected chi connectivity index (χ1v) is 5.50. The molecule has 92 valence electrons. The minimum Gasteiger partial charge on any atom is -0.352 e. The van der Waals surface area contributed by atoms with Crippen molar-refractivity contribution in [2.45, 2.75) is 32.0 Å². The third kappa shape index (κ3) is 3.72. The van der Waals surface area contributed by atoms with Crippen LogP contribution in [0, 0.1) is 20.2 Å². The second-order valence-corrected chi connectivity index (χ2v) is 4.10. The van der Waals surface area contributed by atoms with Crippen LogP contribution in [0.25, 0.3) is 0 Å². The van der Waals surface area contributed by atoms with Crippen molar-refractivity contribution in [1.82, 2.24) is 5.32 Å². The molecule has 0 spiro atoms. The lowest BCUT2D eigenvalue weighted by atomic mass is 10.0. The maximum Gasteiger partial charge on any atom is 0.457 e. The highest BCUT2D eigenvalue weighted by molar-refractivity contribution is 9.09. The van der Waals surface area contributed by atoms with Crippen molar-refractivity contribution in [3.63, 3.8) is 0 Å². The molecule has 0 aromatic heterocycles. The van der Waals surface area contributed by atoms with Gasteiger partial charge in [-0.15, -0.1) is 0 Å². The highest BCUT2D eigenvalue weighted by atomic mass is 79.9. The molecule has 0 bridgehead atoms. The van der Waals surface area contributed by atoms with Crippen LogP contribution in [0.2, 0.25) is 0 Å². The van der Waals surface area contributed by atoms with Crippen molar-refractivity contribution in [2.75, 3.05) is 5.33 Å². The first-order valence-electron chi connectivity index (χ1n) is 4.38. The number of hydrogen-bond donors (Lipinski definition) is 1. The molecule has 0 rings (SSSR count). The van der Waals surface area contributed by atoms with Gasteiger partial charge in [0.05, 0.1) is 22.1 Å². The SMILES string of the molecule is CC(CC(C)([N+](=O)[O-])[N+](=O)[O-])NC(=O)CBr. The van der Waals surface area contributed by atoms with Crippen molar-refractivity contribution in [1.29, 1.82) is 0 Å². The molecular formula is C7H12BrN3O5. The van der Waals surface area contributed by atoms with Crippen LogP contribution in [0.5, 0.6) is 0 Å². The maximum atomic E-state index is 11.0. The molecule has 0 fully saturated rings. The summed E-state index contributed by atoms with van der Waals surface area (Å²) < 4.78 is 0. The topological polar surface area (TPSA) is 115 Å². The standard InChI is InChI=1S/C7H12BrN3O5/c1-5(9-6(12)4-8)3-7(2,10(13)14)11(15)16/h5H,3-4H2,1-2H3,(H,9,12). The number of carbonyl (C=O) groups is 1. The number of hydrogen-bond acceptors (Lipinski definition) is 5. The minimum absolute atomic E-state index is 0.0466. The molecule has 0 radical (unpaired) electrons. The molecule has 9 heteroatoms. The monoisotopic (exact) mass is 297 g/mol. The van der Waals surface area contributed by atoms with Gasteiger partial charge < -0.3 is 5.32 Å². The predicted octanol–water partition coefficient (Wildman–Crippen LogP) is 0.546. The summed E-state index contributed by atoms with van der Waals surface area (Å²) >= 11 is 2.90. The Morgan fingerprint density at radius 2 is 1.88 bits per heavy atom. The predicted molar refractivity (Wildman–Crippen MR) is 58.4 cm³/mol. The highest BCUT2D eigenvalue weighted by Crippen LogP contribution is 2.17. The van der Waals surface area contributed by atoms with Gasteiger partial charge in [0.15, 0.2) is 0 Å². The Hall–Kier alpha value is -1.25. The third-order valence-electron chi connectivity index (χ3n) is 2.01. The van der Waals surface area contributed by atoms with Crippen LogP contribution in [-0.4, -0.2) is 32.8 Å². The lowest BCUT2D eigenvalue weighted by Crippen LogP contribution is -2.49. The summed E-state index contributed by atoms with van der Waals surface area (Å²) in [7, 11) is 0. The van der Waals surface area contributed by atoms with E-state index in [9.17, 15) is 25.0 Å². The molecule has 0 aromatic rings. The fourth-order valence-corrected chi connectivity index (χ4v) is 1.32. The molecular weight excluding hydrogens is 286 g/mol. The quantitative estimate of drug-likeness (QED) is 0.332. The van der Waals surface area contributed by atoms with Gasteiger partial charge in [0.2, 0.25) is 5.91 Å². The molecule has 1 unspecified atom stereocenters. The lowest BCUT2D eigenvalue weighted by Gasteiger charge is -2.17. The molecule has 1 N–H and O–H groups in total. The fourth-order valence-electron chi connectivity index (χ4n) is 1.16. The second kappa shape index (κ2) is 5.73. The fraction of sp³-hybridized carbons (Fsp3) is 0.857. The summed E-state index contributed by atoms with van der Waals surface area (Å²) in [5.41, 5.74) is -2.28. The van der Waals surface area contributed by atoms with Gasteiger partial charge in [-0.05, 0) is 6.92 Å². The zero-order valence-corrected chi connectivity index (χ0v) is 10.4.